The highest BCUT2D eigenvalue weighted by molar-refractivity contribution is 6.28. The van der Waals surface area contributed by atoms with E-state index in [9.17, 15) is 9.59 Å². The van der Waals surface area contributed by atoms with E-state index in [1.54, 1.807) is 31.4 Å². The minimum absolute atomic E-state index is 0.348. The third-order valence-electron chi connectivity index (χ3n) is 3.50. The van der Waals surface area contributed by atoms with E-state index in [0.29, 0.717) is 23.4 Å². The van der Waals surface area contributed by atoms with Crippen LogP contribution in [0.4, 0.5) is 5.69 Å². The Labute approximate surface area is 127 Å². The number of carbonyl (C=O) groups excluding carboxylic acids is 2. The van der Waals surface area contributed by atoms with Crippen molar-refractivity contribution >= 4 is 23.6 Å². The summed E-state index contributed by atoms with van der Waals surface area (Å²) in [4.78, 5) is 23.8. The van der Waals surface area contributed by atoms with Crippen LogP contribution >= 0.6 is 0 Å². The molecule has 2 aromatic carbocycles. The molecule has 0 spiro atoms. The van der Waals surface area contributed by atoms with Gasteiger partial charge in [-0.1, -0.05) is 30.3 Å². The van der Waals surface area contributed by atoms with Crippen molar-refractivity contribution in [1.29, 1.82) is 0 Å². The summed E-state index contributed by atoms with van der Waals surface area (Å²) in [6.45, 7) is 0. The molecule has 2 aromatic rings. The Bertz CT molecular complexity index is 723. The lowest BCUT2D eigenvalue weighted by atomic mass is 9.98. The van der Waals surface area contributed by atoms with Gasteiger partial charge in [0.25, 0.3) is 5.91 Å². The van der Waals surface area contributed by atoms with Crippen molar-refractivity contribution in [3.05, 3.63) is 60.2 Å². The third-order valence-corrected chi connectivity index (χ3v) is 3.50. The molecule has 1 heterocycles. The summed E-state index contributed by atoms with van der Waals surface area (Å²) < 4.78 is 5.10. The number of nitrogens with zero attached hydrogens (tertiary/aromatic N) is 2. The molecule has 0 aliphatic carbocycles. The molecule has 110 valence electrons. The first-order valence-corrected chi connectivity index (χ1v) is 6.82. The molecule has 1 amide bonds. The van der Waals surface area contributed by atoms with Gasteiger partial charge in [-0.25, -0.2) is 0 Å². The molecule has 0 N–H and O–H groups in total. The van der Waals surface area contributed by atoms with Crippen molar-refractivity contribution in [3.8, 4) is 5.75 Å². The van der Waals surface area contributed by atoms with Gasteiger partial charge in [0.15, 0.2) is 0 Å². The average Bonchev–Trinajstić information content (AvgIpc) is 2.92. The van der Waals surface area contributed by atoms with Crippen LogP contribution in [0.1, 0.15) is 5.56 Å². The molecule has 0 bridgehead atoms. The highest BCUT2D eigenvalue weighted by atomic mass is 16.5. The van der Waals surface area contributed by atoms with E-state index in [4.69, 9.17) is 4.74 Å². The van der Waals surface area contributed by atoms with Crippen LogP contribution in [0.2, 0.25) is 0 Å². The molecule has 5 nitrogen and oxygen atoms in total. The molecule has 1 unspecified atom stereocenters. The van der Waals surface area contributed by atoms with Crippen molar-refractivity contribution < 1.29 is 14.3 Å². The summed E-state index contributed by atoms with van der Waals surface area (Å²) in [5.74, 6) is -0.530. The second kappa shape index (κ2) is 5.81. The van der Waals surface area contributed by atoms with Gasteiger partial charge < -0.3 is 9.53 Å². The Kier molecular flexibility index (Phi) is 3.70. The number of amides is 1. The number of hydrazone groups is 1. The summed E-state index contributed by atoms with van der Waals surface area (Å²) in [6, 6.07) is 16.2. The van der Waals surface area contributed by atoms with E-state index in [-0.39, 0.29) is 5.91 Å². The zero-order chi connectivity index (χ0) is 15.5. The minimum atomic E-state index is -0.871. The molecule has 3 rings (SSSR count). The quantitative estimate of drug-likeness (QED) is 0.642. The number of anilines is 1. The monoisotopic (exact) mass is 294 g/mol. The van der Waals surface area contributed by atoms with Crippen LogP contribution in [-0.4, -0.2) is 25.0 Å². The van der Waals surface area contributed by atoms with Gasteiger partial charge in [-0.2, -0.15) is 10.1 Å². The lowest BCUT2D eigenvalue weighted by Gasteiger charge is -2.12. The van der Waals surface area contributed by atoms with E-state index in [0.717, 1.165) is 5.56 Å². The summed E-state index contributed by atoms with van der Waals surface area (Å²) in [7, 11) is 1.57. The maximum atomic E-state index is 12.4. The maximum Gasteiger partial charge on any atom is 0.263 e. The maximum absolute atomic E-state index is 12.4. The van der Waals surface area contributed by atoms with E-state index in [1.165, 1.54) is 5.01 Å². The van der Waals surface area contributed by atoms with Crippen LogP contribution < -0.4 is 9.75 Å². The Hall–Kier alpha value is -2.95. The largest absolute Gasteiger partial charge is 0.497 e. The van der Waals surface area contributed by atoms with Crippen LogP contribution in [0.15, 0.2) is 59.7 Å². The molecule has 1 aliphatic rings. The van der Waals surface area contributed by atoms with Gasteiger partial charge in [-0.05, 0) is 29.8 Å². The number of hydrogen-bond donors (Lipinski definition) is 0. The van der Waals surface area contributed by atoms with Crippen molar-refractivity contribution in [3.63, 3.8) is 0 Å². The Morgan fingerprint density at radius 3 is 2.36 bits per heavy atom. The first kappa shape index (κ1) is 14.0. The highest BCUT2D eigenvalue weighted by Crippen LogP contribution is 2.27. The van der Waals surface area contributed by atoms with E-state index < -0.39 is 5.92 Å². The third kappa shape index (κ3) is 2.37. The first-order chi connectivity index (χ1) is 10.7. The predicted molar refractivity (Wildman–Crippen MR) is 83.0 cm³/mol. The van der Waals surface area contributed by atoms with Gasteiger partial charge in [0.2, 0.25) is 0 Å². The molecular weight excluding hydrogens is 280 g/mol. The van der Waals surface area contributed by atoms with Gasteiger partial charge in [0, 0.05) is 0 Å². The van der Waals surface area contributed by atoms with Gasteiger partial charge in [-0.3, -0.25) is 4.79 Å². The summed E-state index contributed by atoms with van der Waals surface area (Å²) in [6.07, 6.45) is 0.637. The predicted octanol–water partition coefficient (Wildman–Crippen LogP) is 2.26. The highest BCUT2D eigenvalue weighted by Gasteiger charge is 2.37. The molecule has 0 saturated heterocycles. The van der Waals surface area contributed by atoms with Crippen LogP contribution in [0.25, 0.3) is 0 Å². The molecule has 0 saturated carbocycles. The van der Waals surface area contributed by atoms with Crippen LogP contribution in [0, 0.1) is 5.92 Å². The van der Waals surface area contributed by atoms with Crippen LogP contribution in [0.3, 0.4) is 0 Å². The van der Waals surface area contributed by atoms with E-state index >= 15 is 0 Å². The fraction of sp³-hybridized carbons (Fsp3) is 0.118. The summed E-state index contributed by atoms with van der Waals surface area (Å²) in [5.41, 5.74) is 1.84. The summed E-state index contributed by atoms with van der Waals surface area (Å²) in [5, 5.41) is 5.61. The van der Waals surface area contributed by atoms with Crippen molar-refractivity contribution in [2.45, 2.75) is 0 Å². The molecule has 1 aliphatic heterocycles. The van der Waals surface area contributed by atoms with E-state index in [2.05, 4.69) is 5.10 Å². The SMILES string of the molecule is COc1ccc(N2N=C(c3ccccc3)C(C=O)C2=O)cc1. The van der Waals surface area contributed by atoms with Gasteiger partial charge in [0.1, 0.15) is 18.0 Å². The van der Waals surface area contributed by atoms with Crippen LogP contribution in [0.5, 0.6) is 5.75 Å². The number of ether oxygens (including phenoxy) is 1. The molecular formula is C17H14N2O3. The Morgan fingerprint density at radius 1 is 1.09 bits per heavy atom. The number of benzene rings is 2. The number of carbonyl (C=O) groups is 2. The van der Waals surface area contributed by atoms with Gasteiger partial charge >= 0.3 is 0 Å². The van der Waals surface area contributed by atoms with Crippen molar-refractivity contribution in [2.24, 2.45) is 11.0 Å². The second-order valence-electron chi connectivity index (χ2n) is 4.81. The van der Waals surface area contributed by atoms with Gasteiger partial charge in [0.05, 0.1) is 18.5 Å². The molecule has 0 fully saturated rings. The number of methoxy groups -OCH3 is 1. The van der Waals surface area contributed by atoms with E-state index in [1.807, 2.05) is 30.3 Å². The smallest absolute Gasteiger partial charge is 0.263 e. The molecule has 0 radical (unpaired) electrons. The van der Waals surface area contributed by atoms with Crippen LogP contribution in [-0.2, 0) is 9.59 Å². The van der Waals surface area contributed by atoms with Crippen molar-refractivity contribution in [2.75, 3.05) is 12.1 Å². The molecule has 1 atom stereocenters. The zero-order valence-electron chi connectivity index (χ0n) is 12.0. The fourth-order valence-electron chi connectivity index (χ4n) is 2.35. The topological polar surface area (TPSA) is 59.0 Å². The molecule has 0 aromatic heterocycles. The van der Waals surface area contributed by atoms with Gasteiger partial charge in [-0.15, -0.1) is 0 Å². The van der Waals surface area contributed by atoms with Crippen molar-refractivity contribution in [1.82, 2.24) is 0 Å². The average molecular weight is 294 g/mol. The fourth-order valence-corrected chi connectivity index (χ4v) is 2.35. The number of hydrogen-bond acceptors (Lipinski definition) is 4. The lowest BCUT2D eigenvalue weighted by Crippen LogP contribution is -2.28. The summed E-state index contributed by atoms with van der Waals surface area (Å²) >= 11 is 0. The minimum Gasteiger partial charge on any atom is -0.497 e. The number of aldehydes is 1. The normalized spacial score (nSPS) is 17.3. The lowest BCUT2D eigenvalue weighted by molar-refractivity contribution is -0.123. The Balaban J connectivity index is 1.99. The molecule has 22 heavy (non-hydrogen) atoms. The standard InChI is InChI=1S/C17H14N2O3/c1-22-14-9-7-13(8-10-14)19-17(21)15(11-20)16(18-19)12-5-3-2-4-6-12/h2-11,15H,1H3. The Morgan fingerprint density at radius 2 is 1.77 bits per heavy atom. The zero-order valence-corrected chi connectivity index (χ0v) is 12.0. The molecule has 5 heteroatoms. The second-order valence-corrected chi connectivity index (χ2v) is 4.81. The number of rotatable bonds is 4. The first-order valence-electron chi connectivity index (χ1n) is 6.82.